The first-order valence-electron chi connectivity index (χ1n) is 6.91. The van der Waals surface area contributed by atoms with Crippen molar-refractivity contribution in [3.63, 3.8) is 0 Å². The molecule has 1 fully saturated rings. The highest BCUT2D eigenvalue weighted by Gasteiger charge is 2.11. The van der Waals surface area contributed by atoms with E-state index in [4.69, 9.17) is 4.74 Å². The third-order valence-electron chi connectivity index (χ3n) is 3.50. The molecule has 0 heterocycles. The summed E-state index contributed by atoms with van der Waals surface area (Å²) in [5.74, 6) is -0.183. The average molecular weight is 251 g/mol. The van der Waals surface area contributed by atoms with Gasteiger partial charge in [0, 0.05) is 18.2 Å². The molecule has 0 atom stereocenters. The van der Waals surface area contributed by atoms with Crippen molar-refractivity contribution in [2.45, 2.75) is 44.8 Å². The number of ether oxygens (including phenoxy) is 1. The molecule has 2 rings (SSSR count). The van der Waals surface area contributed by atoms with Crippen molar-refractivity contribution < 1.29 is 9.13 Å². The zero-order valence-corrected chi connectivity index (χ0v) is 10.8. The summed E-state index contributed by atoms with van der Waals surface area (Å²) in [5.41, 5.74) is 0.634. The molecule has 1 aliphatic carbocycles. The van der Waals surface area contributed by atoms with E-state index in [1.807, 2.05) is 6.07 Å². The van der Waals surface area contributed by atoms with E-state index in [2.05, 4.69) is 5.32 Å². The molecule has 2 nitrogen and oxygen atoms in total. The van der Waals surface area contributed by atoms with E-state index in [9.17, 15) is 4.39 Å². The maximum absolute atomic E-state index is 13.3. The Morgan fingerprint density at radius 2 is 1.94 bits per heavy atom. The van der Waals surface area contributed by atoms with Crippen molar-refractivity contribution in [1.82, 2.24) is 5.32 Å². The van der Waals surface area contributed by atoms with E-state index in [0.29, 0.717) is 24.8 Å². The molecule has 0 radical (unpaired) electrons. The monoisotopic (exact) mass is 251 g/mol. The van der Waals surface area contributed by atoms with Crippen LogP contribution in [0.4, 0.5) is 4.39 Å². The first kappa shape index (κ1) is 13.5. The number of hydrogen-bond donors (Lipinski definition) is 1. The third-order valence-corrected chi connectivity index (χ3v) is 3.50. The lowest BCUT2D eigenvalue weighted by atomic mass is 9.96. The van der Waals surface area contributed by atoms with Crippen LogP contribution in [-0.4, -0.2) is 19.2 Å². The predicted octanol–water partition coefficient (Wildman–Crippen LogP) is 3.26. The first-order valence-corrected chi connectivity index (χ1v) is 6.91. The molecule has 0 bridgehead atoms. The van der Waals surface area contributed by atoms with E-state index in [1.165, 1.54) is 38.2 Å². The third kappa shape index (κ3) is 4.39. The Labute approximate surface area is 109 Å². The fourth-order valence-electron chi connectivity index (χ4n) is 2.44. The van der Waals surface area contributed by atoms with E-state index in [1.54, 1.807) is 12.1 Å². The minimum atomic E-state index is -0.183. The molecular formula is C15H22FNO. The van der Waals surface area contributed by atoms with Crippen LogP contribution in [0.1, 0.15) is 37.7 Å². The van der Waals surface area contributed by atoms with Crippen LogP contribution in [0.25, 0.3) is 0 Å². The SMILES string of the molecule is Fc1ccccc1COCCNC1CCCCC1. The van der Waals surface area contributed by atoms with Gasteiger partial charge in [-0.2, -0.15) is 0 Å². The fourth-order valence-corrected chi connectivity index (χ4v) is 2.44. The Kier molecular flexibility index (Phi) is 5.62. The normalized spacial score (nSPS) is 16.9. The molecule has 1 aromatic carbocycles. The molecule has 100 valence electrons. The van der Waals surface area contributed by atoms with Gasteiger partial charge in [-0.05, 0) is 18.9 Å². The lowest BCUT2D eigenvalue weighted by molar-refractivity contribution is 0.117. The van der Waals surface area contributed by atoms with Crippen molar-refractivity contribution in [2.75, 3.05) is 13.2 Å². The Balaban J connectivity index is 1.57. The number of nitrogens with one attached hydrogen (secondary N) is 1. The van der Waals surface area contributed by atoms with Crippen molar-refractivity contribution >= 4 is 0 Å². The smallest absolute Gasteiger partial charge is 0.128 e. The number of halogens is 1. The molecule has 3 heteroatoms. The standard InChI is InChI=1S/C15H22FNO/c16-15-9-5-4-6-13(15)12-18-11-10-17-14-7-2-1-3-8-14/h4-6,9,14,17H,1-3,7-8,10-12H2. The summed E-state index contributed by atoms with van der Waals surface area (Å²) in [5, 5.41) is 3.50. The summed E-state index contributed by atoms with van der Waals surface area (Å²) in [7, 11) is 0. The minimum absolute atomic E-state index is 0.183. The van der Waals surface area contributed by atoms with Crippen molar-refractivity contribution in [3.8, 4) is 0 Å². The molecule has 0 spiro atoms. The van der Waals surface area contributed by atoms with Crippen LogP contribution in [0.15, 0.2) is 24.3 Å². The molecule has 1 aliphatic rings. The number of rotatable bonds is 6. The predicted molar refractivity (Wildman–Crippen MR) is 70.9 cm³/mol. The number of hydrogen-bond acceptors (Lipinski definition) is 2. The quantitative estimate of drug-likeness (QED) is 0.784. The number of benzene rings is 1. The molecule has 1 aromatic rings. The summed E-state index contributed by atoms with van der Waals surface area (Å²) < 4.78 is 18.8. The van der Waals surface area contributed by atoms with E-state index in [0.717, 1.165) is 6.54 Å². The van der Waals surface area contributed by atoms with Crippen molar-refractivity contribution in [3.05, 3.63) is 35.6 Å². The van der Waals surface area contributed by atoms with Crippen LogP contribution in [0.5, 0.6) is 0 Å². The molecule has 0 aliphatic heterocycles. The van der Waals surface area contributed by atoms with Gasteiger partial charge in [-0.1, -0.05) is 37.5 Å². The van der Waals surface area contributed by atoms with Crippen molar-refractivity contribution in [2.24, 2.45) is 0 Å². The van der Waals surface area contributed by atoms with Gasteiger partial charge in [-0.15, -0.1) is 0 Å². The lowest BCUT2D eigenvalue weighted by Crippen LogP contribution is -2.33. The van der Waals surface area contributed by atoms with Gasteiger partial charge in [0.15, 0.2) is 0 Å². The molecule has 1 N–H and O–H groups in total. The van der Waals surface area contributed by atoms with E-state index >= 15 is 0 Å². The second-order valence-corrected chi connectivity index (χ2v) is 4.93. The van der Waals surface area contributed by atoms with Gasteiger partial charge >= 0.3 is 0 Å². The summed E-state index contributed by atoms with van der Waals surface area (Å²) in [4.78, 5) is 0. The molecule has 1 saturated carbocycles. The second kappa shape index (κ2) is 7.49. The molecule has 0 unspecified atom stereocenters. The zero-order valence-electron chi connectivity index (χ0n) is 10.8. The van der Waals surface area contributed by atoms with Gasteiger partial charge in [-0.25, -0.2) is 4.39 Å². The van der Waals surface area contributed by atoms with Crippen LogP contribution < -0.4 is 5.32 Å². The molecular weight excluding hydrogens is 229 g/mol. The van der Waals surface area contributed by atoms with Gasteiger partial charge in [0.2, 0.25) is 0 Å². The van der Waals surface area contributed by atoms with Gasteiger partial charge in [-0.3, -0.25) is 0 Å². The van der Waals surface area contributed by atoms with Crippen LogP contribution in [0, 0.1) is 5.82 Å². The second-order valence-electron chi connectivity index (χ2n) is 4.93. The van der Waals surface area contributed by atoms with Crippen LogP contribution in [0.3, 0.4) is 0 Å². The van der Waals surface area contributed by atoms with Gasteiger partial charge in [0.25, 0.3) is 0 Å². The Hall–Kier alpha value is -0.930. The molecule has 0 amide bonds. The fraction of sp³-hybridized carbons (Fsp3) is 0.600. The average Bonchev–Trinajstić information content (AvgIpc) is 2.42. The Bertz CT molecular complexity index is 350. The Morgan fingerprint density at radius 1 is 1.17 bits per heavy atom. The maximum Gasteiger partial charge on any atom is 0.128 e. The van der Waals surface area contributed by atoms with E-state index in [-0.39, 0.29) is 5.82 Å². The van der Waals surface area contributed by atoms with Crippen LogP contribution in [0.2, 0.25) is 0 Å². The van der Waals surface area contributed by atoms with Gasteiger partial charge < -0.3 is 10.1 Å². The summed E-state index contributed by atoms with van der Waals surface area (Å²) in [6.45, 7) is 1.86. The Morgan fingerprint density at radius 3 is 2.72 bits per heavy atom. The highest BCUT2D eigenvalue weighted by Crippen LogP contribution is 2.17. The summed E-state index contributed by atoms with van der Waals surface area (Å²) >= 11 is 0. The molecule has 0 aromatic heterocycles. The highest BCUT2D eigenvalue weighted by atomic mass is 19.1. The largest absolute Gasteiger partial charge is 0.375 e. The lowest BCUT2D eigenvalue weighted by Gasteiger charge is -2.22. The van der Waals surface area contributed by atoms with Gasteiger partial charge in [0.05, 0.1) is 13.2 Å². The molecule has 0 saturated heterocycles. The summed E-state index contributed by atoms with van der Waals surface area (Å²) in [6, 6.07) is 7.43. The van der Waals surface area contributed by atoms with Crippen LogP contribution >= 0.6 is 0 Å². The minimum Gasteiger partial charge on any atom is -0.375 e. The highest BCUT2D eigenvalue weighted by molar-refractivity contribution is 5.16. The molecule has 18 heavy (non-hydrogen) atoms. The van der Waals surface area contributed by atoms with Crippen molar-refractivity contribution in [1.29, 1.82) is 0 Å². The zero-order chi connectivity index (χ0) is 12.6. The first-order chi connectivity index (χ1) is 8.86. The van der Waals surface area contributed by atoms with Gasteiger partial charge in [0.1, 0.15) is 5.82 Å². The topological polar surface area (TPSA) is 21.3 Å². The summed E-state index contributed by atoms with van der Waals surface area (Å²) in [6.07, 6.45) is 6.63. The van der Waals surface area contributed by atoms with Crippen LogP contribution in [-0.2, 0) is 11.3 Å². The van der Waals surface area contributed by atoms with E-state index < -0.39 is 0 Å². The maximum atomic E-state index is 13.3.